The van der Waals surface area contributed by atoms with Crippen LogP contribution in [-0.4, -0.2) is 43.2 Å². The summed E-state index contributed by atoms with van der Waals surface area (Å²) in [6.07, 6.45) is 0. The van der Waals surface area contributed by atoms with Crippen molar-refractivity contribution in [2.24, 2.45) is 10.9 Å². The molecule has 0 saturated carbocycles. The minimum atomic E-state index is -1.33. The van der Waals surface area contributed by atoms with E-state index in [2.05, 4.69) is 4.99 Å². The average molecular weight is 257 g/mol. The minimum absolute atomic E-state index is 0.0206. The predicted molar refractivity (Wildman–Crippen MR) is 63.0 cm³/mol. The number of nitrogens with zero attached hydrogens (tertiary/aromatic N) is 1. The molecule has 0 unspecified atom stereocenters. The first-order valence-corrected chi connectivity index (χ1v) is 5.89. The van der Waals surface area contributed by atoms with Crippen molar-refractivity contribution in [1.29, 1.82) is 0 Å². The summed E-state index contributed by atoms with van der Waals surface area (Å²) < 4.78 is 21.4. The maximum Gasteiger partial charge on any atom is 0.359 e. The maximum atomic E-state index is 12.0. The first kappa shape index (κ1) is 13.3. The zero-order valence-corrected chi connectivity index (χ0v) is 11.6. The summed E-state index contributed by atoms with van der Waals surface area (Å²) in [5.41, 5.74) is -2.13. The lowest BCUT2D eigenvalue weighted by Crippen LogP contribution is -2.83. The fraction of sp³-hybridized carbons (Fsp3) is 0.833. The summed E-state index contributed by atoms with van der Waals surface area (Å²) in [7, 11) is 2.80. The Labute approximate surface area is 106 Å². The second-order valence-corrected chi connectivity index (χ2v) is 5.04. The van der Waals surface area contributed by atoms with Gasteiger partial charge in [0.25, 0.3) is 0 Å². The van der Waals surface area contributed by atoms with Crippen LogP contribution in [0.15, 0.2) is 4.99 Å². The summed E-state index contributed by atoms with van der Waals surface area (Å²) in [4.78, 5) is 16.5. The molecule has 1 fully saturated rings. The third-order valence-electron chi connectivity index (χ3n) is 3.83. The zero-order valence-electron chi connectivity index (χ0n) is 11.6. The number of rotatable bonds is 3. The van der Waals surface area contributed by atoms with Gasteiger partial charge in [-0.1, -0.05) is 13.8 Å². The van der Waals surface area contributed by atoms with Crippen LogP contribution in [0.2, 0.25) is 0 Å². The van der Waals surface area contributed by atoms with Crippen LogP contribution >= 0.6 is 0 Å². The second-order valence-electron chi connectivity index (χ2n) is 5.04. The van der Waals surface area contributed by atoms with Gasteiger partial charge in [-0.25, -0.2) is 9.79 Å². The highest BCUT2D eigenvalue weighted by molar-refractivity contribution is 5.87. The summed E-state index contributed by atoms with van der Waals surface area (Å²) in [5, 5.41) is 0. The van der Waals surface area contributed by atoms with E-state index in [0.29, 0.717) is 5.90 Å². The largest absolute Gasteiger partial charge is 0.467 e. The maximum absolute atomic E-state index is 12.0. The number of fused-ring (bicyclic) bond motifs is 1. The number of hydrogen-bond donors (Lipinski definition) is 0. The van der Waals surface area contributed by atoms with E-state index in [1.165, 1.54) is 14.2 Å². The number of aliphatic imine (C=N–C) groups is 1. The highest BCUT2D eigenvalue weighted by atomic mass is 16.9. The van der Waals surface area contributed by atoms with Crippen LogP contribution in [0.5, 0.6) is 0 Å². The molecule has 1 saturated heterocycles. The van der Waals surface area contributed by atoms with Crippen molar-refractivity contribution >= 4 is 11.9 Å². The molecule has 2 heterocycles. The van der Waals surface area contributed by atoms with Crippen LogP contribution in [-0.2, 0) is 23.7 Å². The van der Waals surface area contributed by atoms with Crippen LogP contribution in [0.4, 0.5) is 0 Å². The average Bonchev–Trinajstić information content (AvgIpc) is 2.57. The van der Waals surface area contributed by atoms with Gasteiger partial charge in [0.2, 0.25) is 5.60 Å². The van der Waals surface area contributed by atoms with Gasteiger partial charge in [-0.05, 0) is 12.8 Å². The topological polar surface area (TPSA) is 66.4 Å². The summed E-state index contributed by atoms with van der Waals surface area (Å²) in [5.74, 6) is -1.38. The molecule has 0 aromatic heterocycles. The normalized spacial score (nSPS) is 41.8. The Hall–Kier alpha value is -1.14. The SMILES string of the molecule is COC(=O)[C@]1(C)O[C@@]2(OC)OC(C)=N[C@]21C(C)C. The molecule has 0 N–H and O–H groups in total. The first-order chi connectivity index (χ1) is 8.29. The van der Waals surface area contributed by atoms with E-state index in [1.807, 2.05) is 13.8 Å². The van der Waals surface area contributed by atoms with Gasteiger partial charge in [-0.2, -0.15) is 0 Å². The highest BCUT2D eigenvalue weighted by Crippen LogP contribution is 2.61. The van der Waals surface area contributed by atoms with Crippen LogP contribution in [0.25, 0.3) is 0 Å². The third-order valence-corrected chi connectivity index (χ3v) is 3.83. The molecule has 18 heavy (non-hydrogen) atoms. The molecule has 6 nitrogen and oxygen atoms in total. The molecule has 2 aliphatic rings. The molecule has 2 aliphatic heterocycles. The fourth-order valence-electron chi connectivity index (χ4n) is 3.07. The monoisotopic (exact) mass is 257 g/mol. The lowest BCUT2D eigenvalue weighted by atomic mass is 9.66. The molecule has 102 valence electrons. The second kappa shape index (κ2) is 3.68. The highest BCUT2D eigenvalue weighted by Gasteiger charge is 2.85. The quantitative estimate of drug-likeness (QED) is 0.708. The standard InChI is InChI=1S/C12H19NO5/c1-7(2)11-10(4,9(14)15-5)18-12(11,16-6)17-8(3)13-11/h7H,1-6H3/t10-,11-,12-/m0/s1. The van der Waals surface area contributed by atoms with E-state index < -0.39 is 23.1 Å². The van der Waals surface area contributed by atoms with Crippen LogP contribution in [0.3, 0.4) is 0 Å². The Kier molecular flexibility index (Phi) is 2.72. The molecular weight excluding hydrogens is 238 g/mol. The Morgan fingerprint density at radius 3 is 2.44 bits per heavy atom. The molecule has 0 amide bonds. The van der Waals surface area contributed by atoms with Gasteiger partial charge in [-0.3, -0.25) is 4.74 Å². The van der Waals surface area contributed by atoms with E-state index >= 15 is 0 Å². The summed E-state index contributed by atoms with van der Waals surface area (Å²) in [6, 6.07) is 0. The third kappa shape index (κ3) is 1.15. The fourth-order valence-corrected chi connectivity index (χ4v) is 3.07. The van der Waals surface area contributed by atoms with E-state index in [1.54, 1.807) is 13.8 Å². The number of carbonyl (C=O) groups is 1. The Morgan fingerprint density at radius 1 is 1.39 bits per heavy atom. The van der Waals surface area contributed by atoms with E-state index in [9.17, 15) is 4.79 Å². The molecule has 2 rings (SSSR count). The number of ether oxygens (including phenoxy) is 4. The van der Waals surface area contributed by atoms with E-state index in [4.69, 9.17) is 18.9 Å². The Morgan fingerprint density at radius 2 is 2.00 bits per heavy atom. The Bertz CT molecular complexity index is 421. The van der Waals surface area contributed by atoms with Crippen molar-refractivity contribution in [3.8, 4) is 0 Å². The number of methoxy groups -OCH3 is 2. The molecule has 0 radical (unpaired) electrons. The van der Waals surface area contributed by atoms with Gasteiger partial charge >= 0.3 is 11.9 Å². The molecule has 0 aliphatic carbocycles. The Balaban J connectivity index is 2.54. The molecule has 0 bridgehead atoms. The molecule has 6 heteroatoms. The van der Waals surface area contributed by atoms with Crippen LogP contribution < -0.4 is 0 Å². The number of esters is 1. The van der Waals surface area contributed by atoms with E-state index in [0.717, 1.165) is 0 Å². The van der Waals surface area contributed by atoms with Crippen LogP contribution in [0, 0.1) is 5.92 Å². The lowest BCUT2D eigenvalue weighted by Gasteiger charge is -2.60. The van der Waals surface area contributed by atoms with Gasteiger partial charge in [0.1, 0.15) is 0 Å². The van der Waals surface area contributed by atoms with Crippen molar-refractivity contribution in [2.45, 2.75) is 44.8 Å². The van der Waals surface area contributed by atoms with Crippen molar-refractivity contribution in [3.05, 3.63) is 0 Å². The number of carbonyl (C=O) groups excluding carboxylic acids is 1. The molecule has 0 spiro atoms. The summed E-state index contributed by atoms with van der Waals surface area (Å²) >= 11 is 0. The number of hydrogen-bond acceptors (Lipinski definition) is 6. The smallest absolute Gasteiger partial charge is 0.359 e. The molecule has 0 aromatic carbocycles. The summed E-state index contributed by atoms with van der Waals surface area (Å²) in [6.45, 7) is 7.26. The van der Waals surface area contributed by atoms with Gasteiger partial charge in [-0.15, -0.1) is 0 Å². The zero-order chi connectivity index (χ0) is 13.8. The van der Waals surface area contributed by atoms with Gasteiger partial charge < -0.3 is 14.2 Å². The van der Waals surface area contributed by atoms with Crippen molar-refractivity contribution in [3.63, 3.8) is 0 Å². The van der Waals surface area contributed by atoms with Gasteiger partial charge in [0.05, 0.1) is 7.11 Å². The van der Waals surface area contributed by atoms with Crippen molar-refractivity contribution in [2.75, 3.05) is 14.2 Å². The van der Waals surface area contributed by atoms with Gasteiger partial charge in [0, 0.05) is 14.0 Å². The molecule has 0 aromatic rings. The lowest BCUT2D eigenvalue weighted by molar-refractivity contribution is -0.488. The minimum Gasteiger partial charge on any atom is -0.467 e. The van der Waals surface area contributed by atoms with Crippen molar-refractivity contribution in [1.82, 2.24) is 0 Å². The predicted octanol–water partition coefficient (Wildman–Crippen LogP) is 1.09. The molecular formula is C12H19NO5. The van der Waals surface area contributed by atoms with E-state index in [-0.39, 0.29) is 5.92 Å². The van der Waals surface area contributed by atoms with Crippen molar-refractivity contribution < 1.29 is 23.7 Å². The van der Waals surface area contributed by atoms with Gasteiger partial charge in [0.15, 0.2) is 11.4 Å². The first-order valence-electron chi connectivity index (χ1n) is 5.89. The molecule has 3 atom stereocenters. The van der Waals surface area contributed by atoms with Crippen LogP contribution in [0.1, 0.15) is 27.7 Å².